The lowest BCUT2D eigenvalue weighted by Crippen LogP contribution is -2.44. The fourth-order valence-corrected chi connectivity index (χ4v) is 6.11. The SMILES string of the molecule is CCCCC[C@H]1CC[C@H]([C@H]2CC[C@@H]([C@H]3OC[C@@](C#N)(CCC)CO3)CC2)CC1. The highest BCUT2D eigenvalue weighted by Crippen LogP contribution is 2.44. The van der Waals surface area contributed by atoms with Crippen molar-refractivity contribution in [3.05, 3.63) is 0 Å². The van der Waals surface area contributed by atoms with Crippen LogP contribution in [0.15, 0.2) is 0 Å². The minimum absolute atomic E-state index is 0.0615. The molecule has 0 spiro atoms. The van der Waals surface area contributed by atoms with Gasteiger partial charge in [-0.05, 0) is 62.7 Å². The topological polar surface area (TPSA) is 42.2 Å². The number of hydrogen-bond acceptors (Lipinski definition) is 3. The predicted octanol–water partition coefficient (Wildman–Crippen LogP) is 6.86. The first-order valence-corrected chi connectivity index (χ1v) is 12.3. The second-order valence-corrected chi connectivity index (χ2v) is 10.1. The zero-order valence-electron chi connectivity index (χ0n) is 18.5. The molecule has 0 atom stereocenters. The standard InChI is InChI=1S/C25H43NO2/c1-3-5-6-7-20-8-10-21(11-9-20)22-12-14-23(15-13-22)24-27-18-25(17-26,16-4-2)19-28-24/h20-24H,3-16,18-19H2,1-2H3/t20-,21-,22-,23+,24-,25-. The van der Waals surface area contributed by atoms with Crippen LogP contribution in [-0.2, 0) is 9.47 Å². The average Bonchev–Trinajstić information content (AvgIpc) is 2.75. The number of unbranched alkanes of at least 4 members (excludes halogenated alkanes) is 2. The van der Waals surface area contributed by atoms with Crippen LogP contribution in [0.2, 0.25) is 0 Å². The van der Waals surface area contributed by atoms with Gasteiger partial charge in [0.2, 0.25) is 0 Å². The maximum Gasteiger partial charge on any atom is 0.160 e. The van der Waals surface area contributed by atoms with Crippen molar-refractivity contribution in [1.29, 1.82) is 5.26 Å². The number of hydrogen-bond donors (Lipinski definition) is 0. The molecule has 1 heterocycles. The van der Waals surface area contributed by atoms with E-state index < -0.39 is 5.41 Å². The van der Waals surface area contributed by atoms with Gasteiger partial charge in [-0.15, -0.1) is 0 Å². The van der Waals surface area contributed by atoms with E-state index in [0.717, 1.165) is 30.6 Å². The van der Waals surface area contributed by atoms with Crippen LogP contribution in [0.5, 0.6) is 0 Å². The van der Waals surface area contributed by atoms with E-state index in [1.165, 1.54) is 77.0 Å². The number of ether oxygens (including phenoxy) is 2. The lowest BCUT2D eigenvalue weighted by molar-refractivity contribution is -0.244. The Hall–Kier alpha value is -0.590. The quantitative estimate of drug-likeness (QED) is 0.426. The zero-order chi connectivity index (χ0) is 19.8. The number of rotatable bonds is 8. The summed E-state index contributed by atoms with van der Waals surface area (Å²) in [7, 11) is 0. The van der Waals surface area contributed by atoms with Gasteiger partial charge in [-0.25, -0.2) is 0 Å². The van der Waals surface area contributed by atoms with E-state index >= 15 is 0 Å². The lowest BCUT2D eigenvalue weighted by Gasteiger charge is -2.42. The van der Waals surface area contributed by atoms with Crippen molar-refractivity contribution >= 4 is 0 Å². The van der Waals surface area contributed by atoms with Crippen molar-refractivity contribution in [2.75, 3.05) is 13.2 Å². The molecule has 0 aromatic rings. The highest BCUT2D eigenvalue weighted by molar-refractivity contribution is 5.00. The smallest absolute Gasteiger partial charge is 0.160 e. The molecule has 0 radical (unpaired) electrons. The Labute approximate surface area is 173 Å². The van der Waals surface area contributed by atoms with Gasteiger partial charge in [0.15, 0.2) is 6.29 Å². The van der Waals surface area contributed by atoms with Gasteiger partial charge >= 0.3 is 0 Å². The molecule has 0 amide bonds. The highest BCUT2D eigenvalue weighted by Gasteiger charge is 2.40. The average molecular weight is 390 g/mol. The van der Waals surface area contributed by atoms with Crippen LogP contribution < -0.4 is 0 Å². The van der Waals surface area contributed by atoms with Crippen LogP contribution in [0.4, 0.5) is 0 Å². The van der Waals surface area contributed by atoms with Crippen LogP contribution in [0.3, 0.4) is 0 Å². The third-order valence-electron chi connectivity index (χ3n) is 7.99. The summed E-state index contributed by atoms with van der Waals surface area (Å²) >= 11 is 0. The van der Waals surface area contributed by atoms with Gasteiger partial charge in [-0.2, -0.15) is 5.26 Å². The monoisotopic (exact) mass is 389 g/mol. The van der Waals surface area contributed by atoms with Crippen molar-refractivity contribution in [2.24, 2.45) is 29.1 Å². The summed E-state index contributed by atoms with van der Waals surface area (Å²) in [5.41, 5.74) is -0.405. The molecule has 3 aliphatic rings. The summed E-state index contributed by atoms with van der Waals surface area (Å²) in [6.07, 6.45) is 18.7. The highest BCUT2D eigenvalue weighted by atomic mass is 16.7. The molecule has 1 saturated heterocycles. The molecule has 3 heteroatoms. The Morgan fingerprint density at radius 1 is 0.786 bits per heavy atom. The third-order valence-corrected chi connectivity index (χ3v) is 7.99. The van der Waals surface area contributed by atoms with Gasteiger partial charge in [0.25, 0.3) is 0 Å². The summed E-state index contributed by atoms with van der Waals surface area (Å²) in [4.78, 5) is 0. The summed E-state index contributed by atoms with van der Waals surface area (Å²) < 4.78 is 12.1. The normalized spacial score (nSPS) is 39.4. The van der Waals surface area contributed by atoms with Gasteiger partial charge in [0, 0.05) is 5.92 Å². The second-order valence-electron chi connectivity index (χ2n) is 10.1. The fraction of sp³-hybridized carbons (Fsp3) is 0.960. The van der Waals surface area contributed by atoms with Gasteiger partial charge in [-0.1, -0.05) is 58.8 Å². The van der Waals surface area contributed by atoms with Gasteiger partial charge in [0.05, 0.1) is 19.3 Å². The Morgan fingerprint density at radius 3 is 1.89 bits per heavy atom. The van der Waals surface area contributed by atoms with Crippen LogP contribution in [-0.4, -0.2) is 19.5 Å². The molecule has 0 bridgehead atoms. The Bertz CT molecular complexity index is 475. The molecule has 28 heavy (non-hydrogen) atoms. The summed E-state index contributed by atoms with van der Waals surface area (Å²) in [6.45, 7) is 5.56. The van der Waals surface area contributed by atoms with Gasteiger partial charge in [-0.3, -0.25) is 0 Å². The van der Waals surface area contributed by atoms with E-state index in [1.807, 2.05) is 0 Å². The Balaban J connectivity index is 1.36. The van der Waals surface area contributed by atoms with Gasteiger partial charge < -0.3 is 9.47 Å². The van der Waals surface area contributed by atoms with Crippen LogP contribution in [0.25, 0.3) is 0 Å². The minimum Gasteiger partial charge on any atom is -0.351 e. The fourth-order valence-electron chi connectivity index (χ4n) is 6.11. The largest absolute Gasteiger partial charge is 0.351 e. The van der Waals surface area contributed by atoms with Crippen molar-refractivity contribution in [1.82, 2.24) is 0 Å². The van der Waals surface area contributed by atoms with E-state index in [4.69, 9.17) is 9.47 Å². The Kier molecular flexibility index (Phi) is 8.67. The van der Waals surface area contributed by atoms with E-state index in [0.29, 0.717) is 19.1 Å². The third kappa shape index (κ3) is 5.73. The number of nitriles is 1. The van der Waals surface area contributed by atoms with Crippen molar-refractivity contribution in [2.45, 2.75) is 110 Å². The van der Waals surface area contributed by atoms with Crippen molar-refractivity contribution in [3.63, 3.8) is 0 Å². The molecule has 0 N–H and O–H groups in total. The molecule has 3 rings (SSSR count). The van der Waals surface area contributed by atoms with Crippen LogP contribution in [0.1, 0.15) is 104 Å². The van der Waals surface area contributed by atoms with E-state index in [-0.39, 0.29) is 6.29 Å². The molecule has 0 aromatic carbocycles. The van der Waals surface area contributed by atoms with Gasteiger partial charge in [0.1, 0.15) is 5.41 Å². The Morgan fingerprint density at radius 2 is 1.36 bits per heavy atom. The first-order valence-electron chi connectivity index (χ1n) is 12.3. The van der Waals surface area contributed by atoms with Crippen LogP contribution >= 0.6 is 0 Å². The molecule has 3 nitrogen and oxygen atoms in total. The lowest BCUT2D eigenvalue weighted by atomic mass is 9.68. The maximum absolute atomic E-state index is 9.52. The molecule has 160 valence electrons. The minimum atomic E-state index is -0.405. The van der Waals surface area contributed by atoms with Crippen molar-refractivity contribution < 1.29 is 9.47 Å². The first-order chi connectivity index (χ1) is 13.7. The molecule has 2 aliphatic carbocycles. The molecule has 3 fully saturated rings. The van der Waals surface area contributed by atoms with E-state index in [9.17, 15) is 5.26 Å². The second kappa shape index (κ2) is 11.0. The van der Waals surface area contributed by atoms with E-state index in [2.05, 4.69) is 19.9 Å². The van der Waals surface area contributed by atoms with E-state index in [1.54, 1.807) is 0 Å². The summed E-state index contributed by atoms with van der Waals surface area (Å²) in [6, 6.07) is 2.46. The molecule has 1 aliphatic heterocycles. The molecular formula is C25H43NO2. The molecule has 0 aromatic heterocycles. The number of nitrogens with zero attached hydrogens (tertiary/aromatic N) is 1. The molecule has 2 saturated carbocycles. The summed E-state index contributed by atoms with van der Waals surface area (Å²) in [5.74, 6) is 3.48. The first kappa shape index (κ1) is 22.1. The maximum atomic E-state index is 9.52. The predicted molar refractivity (Wildman–Crippen MR) is 114 cm³/mol. The molecule has 0 unspecified atom stereocenters. The zero-order valence-corrected chi connectivity index (χ0v) is 18.5. The van der Waals surface area contributed by atoms with Crippen molar-refractivity contribution in [3.8, 4) is 6.07 Å². The van der Waals surface area contributed by atoms with Crippen LogP contribution in [0, 0.1) is 40.4 Å². The molecular weight excluding hydrogens is 346 g/mol. The summed E-state index contributed by atoms with van der Waals surface area (Å²) in [5, 5.41) is 9.52.